The summed E-state index contributed by atoms with van der Waals surface area (Å²) in [6, 6.07) is 14.7. The average Bonchev–Trinajstić information content (AvgIpc) is 3.14. The molecule has 2 aromatic rings. The molecular formula is C30H44Cl2SiZr. The van der Waals surface area contributed by atoms with Crippen LogP contribution in [0.1, 0.15) is 96.0 Å². The summed E-state index contributed by atoms with van der Waals surface area (Å²) in [4.78, 5) is 0. The molecule has 0 radical (unpaired) electrons. The van der Waals surface area contributed by atoms with E-state index in [1.54, 1.807) is 22.3 Å². The van der Waals surface area contributed by atoms with Gasteiger partial charge in [-0.1, -0.05) is 0 Å². The zero-order valence-corrected chi connectivity index (χ0v) is 28.3. The third-order valence-electron chi connectivity index (χ3n) is 8.10. The minimum Gasteiger partial charge on any atom is -0.147 e. The zero-order valence-electron chi connectivity index (χ0n) is 22.8. The van der Waals surface area contributed by atoms with Gasteiger partial charge in [0.2, 0.25) is 0 Å². The van der Waals surface area contributed by atoms with Gasteiger partial charge in [-0.2, -0.15) is 0 Å². The molecule has 0 amide bonds. The van der Waals surface area contributed by atoms with Crippen molar-refractivity contribution in [3.05, 3.63) is 80.9 Å². The van der Waals surface area contributed by atoms with E-state index in [4.69, 9.17) is 0 Å². The molecule has 2 unspecified atom stereocenters. The van der Waals surface area contributed by atoms with Crippen LogP contribution < -0.4 is 0 Å². The fraction of sp³-hybridized carbons (Fsp3) is 0.467. The predicted octanol–water partition coefficient (Wildman–Crippen LogP) is 9.08. The van der Waals surface area contributed by atoms with Gasteiger partial charge >= 0.3 is 200 Å². The molecule has 0 N–H and O–H groups in total. The second-order valence-electron chi connectivity index (χ2n) is 13.8. The molecule has 0 aliphatic heterocycles. The molecule has 0 saturated heterocycles. The van der Waals surface area contributed by atoms with Gasteiger partial charge in [-0.3, -0.25) is 0 Å². The van der Waals surface area contributed by atoms with E-state index in [1.807, 2.05) is 0 Å². The predicted molar refractivity (Wildman–Crippen MR) is 158 cm³/mol. The summed E-state index contributed by atoms with van der Waals surface area (Å²) in [5.74, 6) is 0. The molecule has 2 atom stereocenters. The monoisotopic (exact) mass is 592 g/mol. The van der Waals surface area contributed by atoms with E-state index in [0.717, 1.165) is 0 Å². The van der Waals surface area contributed by atoms with Crippen LogP contribution in [0.2, 0.25) is 9.26 Å². The van der Waals surface area contributed by atoms with Crippen LogP contribution in [-0.4, -0.2) is 6.88 Å². The first kappa shape index (κ1) is 29.8. The van der Waals surface area contributed by atoms with E-state index < -0.39 is 17.4 Å². The zero-order chi connectivity index (χ0) is 23.9. The van der Waals surface area contributed by atoms with Crippen LogP contribution in [0.5, 0.6) is 0 Å². The largest absolute Gasteiger partial charge is 0.147 e. The van der Waals surface area contributed by atoms with Gasteiger partial charge in [0.05, 0.1) is 0 Å². The summed E-state index contributed by atoms with van der Waals surface area (Å²) in [5.41, 5.74) is 12.6. The first-order valence-electron chi connectivity index (χ1n) is 12.2. The van der Waals surface area contributed by atoms with Crippen molar-refractivity contribution >= 4 is 43.8 Å². The Balaban J connectivity index is 0.00000204. The van der Waals surface area contributed by atoms with Crippen LogP contribution in [0.25, 0.3) is 12.2 Å². The van der Waals surface area contributed by atoms with E-state index in [0.29, 0.717) is 7.25 Å². The summed E-state index contributed by atoms with van der Waals surface area (Å²) < 4.78 is 6.67. The Morgan fingerprint density at radius 3 is 1.26 bits per heavy atom. The van der Waals surface area contributed by atoms with Gasteiger partial charge in [0.25, 0.3) is 0 Å². The molecule has 2 aliphatic carbocycles. The van der Waals surface area contributed by atoms with Gasteiger partial charge in [-0.15, -0.1) is 24.8 Å². The first-order valence-corrected chi connectivity index (χ1v) is 25.9. The second kappa shape index (κ2) is 9.16. The van der Waals surface area contributed by atoms with Gasteiger partial charge in [0.1, 0.15) is 0 Å². The van der Waals surface area contributed by atoms with Crippen LogP contribution in [0.4, 0.5) is 0 Å². The standard InChI is InChI=1S/2C14H17.2CH3.2ClH.H2Si.Zr/c2*1-10-7-11-5-6-13(14(2,3)4)9-12(11)8-10;;;;;;/h2*5-9H,1-4H3;2*1H3;2*1H;1H2;. The smallest absolute Gasteiger partial charge is 0.147 e. The SMILES string of the molecule is CC1=Cc2cc(C(C)(C)C)ccc2[CH]1[Zr]([CH3])([CH3])(=[SiH2])[CH]1C(C)=Cc2cc(C(C)(C)C)ccc21.Cl.Cl. The molecule has 2 aliphatic rings. The summed E-state index contributed by atoms with van der Waals surface area (Å²) in [7, 11) is 0. The maximum Gasteiger partial charge on any atom is -0.147 e. The van der Waals surface area contributed by atoms with Gasteiger partial charge in [-0.25, -0.2) is 0 Å². The van der Waals surface area contributed by atoms with E-state index >= 15 is 0 Å². The fourth-order valence-corrected chi connectivity index (χ4v) is 28.0. The molecule has 0 fully saturated rings. The quantitative estimate of drug-likeness (QED) is 0.304. The van der Waals surface area contributed by atoms with Gasteiger partial charge < -0.3 is 0 Å². The van der Waals surface area contributed by atoms with E-state index in [-0.39, 0.29) is 35.6 Å². The molecule has 34 heavy (non-hydrogen) atoms. The van der Waals surface area contributed by atoms with E-state index in [9.17, 15) is 0 Å². The minimum atomic E-state index is -3.33. The Labute approximate surface area is 223 Å². The van der Waals surface area contributed by atoms with E-state index in [1.165, 1.54) is 22.3 Å². The molecule has 0 bridgehead atoms. The second-order valence-corrected chi connectivity index (χ2v) is 44.2. The molecule has 0 spiro atoms. The van der Waals surface area contributed by atoms with Crippen molar-refractivity contribution in [2.75, 3.05) is 0 Å². The number of benzene rings is 2. The van der Waals surface area contributed by atoms with Crippen molar-refractivity contribution in [3.63, 3.8) is 0 Å². The Morgan fingerprint density at radius 1 is 0.647 bits per heavy atom. The van der Waals surface area contributed by atoms with Crippen molar-refractivity contribution in [2.45, 2.75) is 82.7 Å². The number of allylic oxidation sites excluding steroid dienone is 2. The minimum absolute atomic E-state index is 0. The first-order chi connectivity index (χ1) is 14.5. The Kier molecular flexibility index (Phi) is 8.04. The maximum absolute atomic E-state index is 3.33. The van der Waals surface area contributed by atoms with Gasteiger partial charge in [0.15, 0.2) is 0 Å². The number of rotatable bonds is 2. The topological polar surface area (TPSA) is 0 Å². The average molecular weight is 595 g/mol. The normalized spacial score (nSPS) is 20.0. The van der Waals surface area contributed by atoms with Crippen LogP contribution in [0.3, 0.4) is 0 Å². The van der Waals surface area contributed by atoms with Crippen molar-refractivity contribution in [2.24, 2.45) is 0 Å². The summed E-state index contributed by atoms with van der Waals surface area (Å²) in [6.07, 6.45) is 5.00. The molecule has 4 heteroatoms. The number of fused-ring (bicyclic) bond motifs is 2. The molecule has 186 valence electrons. The molecule has 0 aromatic heterocycles. The molecule has 0 saturated carbocycles. The Hall–Kier alpha value is -0.400. The molecule has 0 heterocycles. The maximum atomic E-state index is 2.73. The summed E-state index contributed by atoms with van der Waals surface area (Å²) in [6.45, 7) is 21.1. The van der Waals surface area contributed by atoms with Crippen molar-refractivity contribution < 1.29 is 17.4 Å². The third-order valence-corrected chi connectivity index (χ3v) is 26.0. The Morgan fingerprint density at radius 2 is 0.971 bits per heavy atom. The molecule has 4 rings (SSSR count). The van der Waals surface area contributed by atoms with Crippen LogP contribution in [0, 0.1) is 0 Å². The summed E-state index contributed by atoms with van der Waals surface area (Å²) in [5, 5.41) is 0. The van der Waals surface area contributed by atoms with Crippen molar-refractivity contribution in [3.8, 4) is 0 Å². The van der Waals surface area contributed by atoms with E-state index in [2.05, 4.69) is 120 Å². The molecular weight excluding hydrogens is 551 g/mol. The number of hydrogen-bond acceptors (Lipinski definition) is 0. The van der Waals surface area contributed by atoms with Gasteiger partial charge in [-0.05, 0) is 0 Å². The summed E-state index contributed by atoms with van der Waals surface area (Å²) >= 11 is -3.33. The Bertz CT molecular complexity index is 1150. The fourth-order valence-electron chi connectivity index (χ4n) is 6.69. The van der Waals surface area contributed by atoms with Crippen LogP contribution in [-0.2, 0) is 28.2 Å². The van der Waals surface area contributed by atoms with Crippen molar-refractivity contribution in [1.29, 1.82) is 0 Å². The number of halogens is 2. The van der Waals surface area contributed by atoms with Crippen LogP contribution in [0.15, 0.2) is 47.5 Å². The van der Waals surface area contributed by atoms with Gasteiger partial charge in [0, 0.05) is 0 Å². The molecule has 0 nitrogen and oxygen atoms in total. The van der Waals surface area contributed by atoms with Crippen molar-refractivity contribution in [1.82, 2.24) is 0 Å². The molecule has 2 aromatic carbocycles. The van der Waals surface area contributed by atoms with Crippen LogP contribution >= 0.6 is 24.8 Å². The number of hydrogen-bond donors (Lipinski definition) is 0. The third kappa shape index (κ3) is 4.91.